The van der Waals surface area contributed by atoms with Gasteiger partial charge in [0.25, 0.3) is 0 Å². The fourth-order valence-corrected chi connectivity index (χ4v) is 13.2. The van der Waals surface area contributed by atoms with E-state index in [1.165, 1.54) is 75.7 Å². The van der Waals surface area contributed by atoms with Gasteiger partial charge in [0.05, 0.1) is 22.1 Å². The third-order valence-electron chi connectivity index (χ3n) is 10.7. The van der Waals surface area contributed by atoms with E-state index in [1.54, 1.807) is 0 Å². The van der Waals surface area contributed by atoms with Gasteiger partial charge in [0.2, 0.25) is 0 Å². The number of hydrogen-bond donors (Lipinski definition) is 0. The van der Waals surface area contributed by atoms with Crippen LogP contribution in [-0.2, 0) is 0 Å². The summed E-state index contributed by atoms with van der Waals surface area (Å²) in [7, 11) is -2.83. The second kappa shape index (κ2) is 11.9. The van der Waals surface area contributed by atoms with Crippen LogP contribution >= 0.6 is 0 Å². The summed E-state index contributed by atoms with van der Waals surface area (Å²) < 4.78 is 4.85. The quantitative estimate of drug-likeness (QED) is 0.124. The molecule has 0 fully saturated rings. The normalized spacial score (nSPS) is 11.9. The highest BCUT2D eigenvalue weighted by molar-refractivity contribution is 7.20. The molecule has 2 nitrogen and oxygen atoms in total. The van der Waals surface area contributed by atoms with Crippen LogP contribution < -0.4 is 20.7 Å². The van der Waals surface area contributed by atoms with E-state index in [4.69, 9.17) is 0 Å². The third-order valence-corrected chi connectivity index (χ3v) is 15.4. The van der Waals surface area contributed by atoms with Gasteiger partial charge in [0, 0.05) is 32.9 Å². The molecular formula is C48H34N2Si. The smallest absolute Gasteiger partial charge is 0.179 e. The minimum atomic E-state index is -2.83. The fraction of sp³-hybridized carbons (Fsp3) is 0. The van der Waals surface area contributed by atoms with Crippen molar-refractivity contribution in [3.63, 3.8) is 0 Å². The molecule has 0 bridgehead atoms. The van der Waals surface area contributed by atoms with Crippen molar-refractivity contribution >= 4 is 72.4 Å². The van der Waals surface area contributed by atoms with Gasteiger partial charge >= 0.3 is 0 Å². The first-order valence-corrected chi connectivity index (χ1v) is 19.6. The van der Waals surface area contributed by atoms with Gasteiger partial charge in [-0.05, 0) is 69.3 Å². The number of fused-ring (bicyclic) bond motifs is 6. The predicted molar refractivity (Wildman–Crippen MR) is 219 cm³/mol. The molecule has 10 rings (SSSR count). The molecule has 0 amide bonds. The van der Waals surface area contributed by atoms with Crippen molar-refractivity contribution in [3.8, 4) is 11.4 Å². The lowest BCUT2D eigenvalue weighted by Gasteiger charge is -2.34. The predicted octanol–water partition coefficient (Wildman–Crippen LogP) is 9.26. The zero-order valence-electron chi connectivity index (χ0n) is 28.0. The molecule has 0 spiro atoms. The lowest BCUT2D eigenvalue weighted by Crippen LogP contribution is -2.74. The van der Waals surface area contributed by atoms with Crippen LogP contribution in [0.2, 0.25) is 0 Å². The molecule has 0 atom stereocenters. The number of rotatable bonds is 6. The molecular weight excluding hydrogens is 633 g/mol. The minimum Gasteiger partial charge on any atom is -0.309 e. The molecule has 240 valence electrons. The summed E-state index contributed by atoms with van der Waals surface area (Å²) in [5.74, 6) is 0. The summed E-state index contributed by atoms with van der Waals surface area (Å²) in [4.78, 5) is 0. The minimum absolute atomic E-state index is 1.17. The molecule has 0 radical (unpaired) electrons. The fourth-order valence-electron chi connectivity index (χ4n) is 8.50. The monoisotopic (exact) mass is 666 g/mol. The molecule has 2 heterocycles. The summed E-state index contributed by atoms with van der Waals surface area (Å²) in [6.07, 6.45) is 0. The first-order chi connectivity index (χ1) is 25.3. The maximum Gasteiger partial charge on any atom is 0.179 e. The highest BCUT2D eigenvalue weighted by Crippen LogP contribution is 2.33. The van der Waals surface area contributed by atoms with Crippen LogP contribution in [0, 0.1) is 0 Å². The molecule has 0 saturated carbocycles. The topological polar surface area (TPSA) is 9.86 Å². The number of hydrogen-bond acceptors (Lipinski definition) is 0. The Bertz CT molecular complexity index is 2740. The Labute approximate surface area is 298 Å². The Morgan fingerprint density at radius 2 is 0.608 bits per heavy atom. The van der Waals surface area contributed by atoms with Crippen LogP contribution in [0.1, 0.15) is 0 Å². The largest absolute Gasteiger partial charge is 0.309 e. The number of benzene rings is 8. The lowest BCUT2D eigenvalue weighted by molar-refractivity contribution is 1.18. The zero-order chi connectivity index (χ0) is 33.8. The van der Waals surface area contributed by atoms with Crippen LogP contribution in [0.3, 0.4) is 0 Å². The molecule has 10 aromatic rings. The summed E-state index contributed by atoms with van der Waals surface area (Å²) in [6.45, 7) is 0. The van der Waals surface area contributed by atoms with Crippen LogP contribution in [0.5, 0.6) is 0 Å². The molecule has 0 saturated heterocycles. The van der Waals surface area contributed by atoms with Crippen molar-refractivity contribution in [2.45, 2.75) is 0 Å². The summed E-state index contributed by atoms with van der Waals surface area (Å²) in [5.41, 5.74) is 7.23. The molecule has 8 aromatic carbocycles. The van der Waals surface area contributed by atoms with Crippen molar-refractivity contribution in [2.24, 2.45) is 0 Å². The molecule has 2 aromatic heterocycles. The maximum atomic E-state index is 2.50. The molecule has 0 N–H and O–H groups in total. The van der Waals surface area contributed by atoms with E-state index >= 15 is 0 Å². The third kappa shape index (κ3) is 4.49. The van der Waals surface area contributed by atoms with E-state index in [0.717, 1.165) is 0 Å². The average Bonchev–Trinajstić information content (AvgIpc) is 3.72. The van der Waals surface area contributed by atoms with Gasteiger partial charge in [0.1, 0.15) is 0 Å². The average molecular weight is 667 g/mol. The molecule has 0 aliphatic carbocycles. The van der Waals surface area contributed by atoms with Crippen LogP contribution in [-0.4, -0.2) is 17.2 Å². The molecule has 0 unspecified atom stereocenters. The first kappa shape index (κ1) is 29.5. The van der Waals surface area contributed by atoms with E-state index in [0.29, 0.717) is 0 Å². The van der Waals surface area contributed by atoms with E-state index in [2.05, 4.69) is 215 Å². The molecule has 51 heavy (non-hydrogen) atoms. The maximum absolute atomic E-state index is 2.83. The Hall–Kier alpha value is -6.42. The lowest BCUT2D eigenvalue weighted by atomic mass is 10.1. The van der Waals surface area contributed by atoms with Gasteiger partial charge in [0.15, 0.2) is 8.07 Å². The Morgan fingerprint density at radius 1 is 0.255 bits per heavy atom. The van der Waals surface area contributed by atoms with Gasteiger partial charge in [-0.25, -0.2) is 0 Å². The Balaban J connectivity index is 1.26. The van der Waals surface area contributed by atoms with E-state index < -0.39 is 8.07 Å². The van der Waals surface area contributed by atoms with Gasteiger partial charge < -0.3 is 9.13 Å². The van der Waals surface area contributed by atoms with E-state index in [-0.39, 0.29) is 0 Å². The summed E-state index contributed by atoms with van der Waals surface area (Å²) >= 11 is 0. The molecule has 3 heteroatoms. The van der Waals surface area contributed by atoms with Crippen LogP contribution in [0.15, 0.2) is 206 Å². The highest BCUT2D eigenvalue weighted by Gasteiger charge is 2.41. The van der Waals surface area contributed by atoms with Crippen LogP contribution in [0.4, 0.5) is 0 Å². The SMILES string of the molecule is c1ccc(-n2c3ccccc3c3ccc([Si](c4ccccc4)(c4ccccc4)c4ccc(-n5c6ccccc6c6ccccc65)cc4)cc32)cc1. The van der Waals surface area contributed by atoms with E-state index in [1.807, 2.05) is 0 Å². The Kier molecular flexibility index (Phi) is 6.86. The van der Waals surface area contributed by atoms with Crippen LogP contribution in [0.25, 0.3) is 55.0 Å². The second-order valence-corrected chi connectivity index (χ2v) is 17.1. The zero-order valence-corrected chi connectivity index (χ0v) is 29.0. The van der Waals surface area contributed by atoms with Crippen molar-refractivity contribution in [3.05, 3.63) is 206 Å². The van der Waals surface area contributed by atoms with Crippen molar-refractivity contribution in [1.82, 2.24) is 9.13 Å². The number of para-hydroxylation sites is 4. The van der Waals surface area contributed by atoms with Crippen molar-refractivity contribution in [1.29, 1.82) is 0 Å². The van der Waals surface area contributed by atoms with Crippen molar-refractivity contribution in [2.75, 3.05) is 0 Å². The number of nitrogens with zero attached hydrogens (tertiary/aromatic N) is 2. The van der Waals surface area contributed by atoms with Gasteiger partial charge in [-0.2, -0.15) is 0 Å². The summed E-state index contributed by atoms with van der Waals surface area (Å²) in [6, 6.07) is 76.3. The summed E-state index contributed by atoms with van der Waals surface area (Å²) in [5, 5.41) is 10.5. The van der Waals surface area contributed by atoms with Gasteiger partial charge in [-0.3, -0.25) is 0 Å². The molecule has 0 aliphatic heterocycles. The molecule has 0 aliphatic rings. The van der Waals surface area contributed by atoms with Gasteiger partial charge in [-0.1, -0.05) is 158 Å². The van der Waals surface area contributed by atoms with Crippen molar-refractivity contribution < 1.29 is 0 Å². The Morgan fingerprint density at radius 3 is 1.12 bits per heavy atom. The van der Waals surface area contributed by atoms with E-state index in [9.17, 15) is 0 Å². The first-order valence-electron chi connectivity index (χ1n) is 17.6. The number of aromatic nitrogens is 2. The second-order valence-electron chi connectivity index (χ2n) is 13.3. The standard InChI is InChI=1S/C48H34N2Si/c1-4-16-35(17-5-1)50-47-27-15-12-24-43(47)44-33-32-40(34-48(44)50)51(37-18-6-2-7-19-37,38-20-8-3-9-21-38)39-30-28-36(29-31-39)49-45-25-13-10-22-41(45)42-23-11-14-26-46(42)49/h1-34H. The highest BCUT2D eigenvalue weighted by atomic mass is 28.3. The van der Waals surface area contributed by atoms with Gasteiger partial charge in [-0.15, -0.1) is 0 Å².